The number of benzene rings is 1. The zero-order valence-electron chi connectivity index (χ0n) is 12.1. The molecule has 2 N–H and O–H groups in total. The molecule has 2 aliphatic heterocycles. The Morgan fingerprint density at radius 3 is 2.91 bits per heavy atom. The van der Waals surface area contributed by atoms with Crippen molar-refractivity contribution in [1.29, 1.82) is 0 Å². The maximum absolute atomic E-state index is 6.13. The second-order valence-corrected chi connectivity index (χ2v) is 6.81. The van der Waals surface area contributed by atoms with Crippen LogP contribution < -0.4 is 10.5 Å². The van der Waals surface area contributed by atoms with Gasteiger partial charge in [-0.05, 0) is 24.3 Å². The lowest BCUT2D eigenvalue weighted by Crippen LogP contribution is -2.32. The van der Waals surface area contributed by atoms with Crippen LogP contribution in [-0.2, 0) is 10.3 Å². The minimum atomic E-state index is -0.681. The Hall–Kier alpha value is -1.63. The number of ether oxygens (including phenoxy) is 2. The Morgan fingerprint density at radius 1 is 1.22 bits per heavy atom. The van der Waals surface area contributed by atoms with E-state index in [4.69, 9.17) is 31.8 Å². The van der Waals surface area contributed by atoms with Crippen LogP contribution in [0.15, 0.2) is 39.9 Å². The number of amidine groups is 1. The van der Waals surface area contributed by atoms with Crippen LogP contribution in [-0.4, -0.2) is 24.0 Å². The molecule has 2 aliphatic rings. The molecule has 0 radical (unpaired) electrons. The van der Waals surface area contributed by atoms with E-state index in [9.17, 15) is 0 Å². The highest BCUT2D eigenvalue weighted by atomic mass is 79.9. The van der Waals surface area contributed by atoms with E-state index in [1.165, 1.54) is 0 Å². The molecule has 3 heterocycles. The van der Waals surface area contributed by atoms with Crippen molar-refractivity contribution >= 4 is 33.4 Å². The van der Waals surface area contributed by atoms with Gasteiger partial charge >= 0.3 is 0 Å². The highest BCUT2D eigenvalue weighted by molar-refractivity contribution is 9.10. The normalized spacial score (nSPS) is 22.6. The van der Waals surface area contributed by atoms with Crippen LogP contribution in [0.2, 0.25) is 5.15 Å². The Morgan fingerprint density at radius 2 is 2.04 bits per heavy atom. The Balaban J connectivity index is 2.05. The molecule has 1 spiro atoms. The maximum atomic E-state index is 6.13. The number of pyridine rings is 1. The van der Waals surface area contributed by atoms with Crippen molar-refractivity contribution in [3.05, 3.63) is 51.2 Å². The molecule has 0 amide bonds. The Kier molecular flexibility index (Phi) is 3.55. The summed E-state index contributed by atoms with van der Waals surface area (Å²) in [6, 6.07) is 7.65. The van der Waals surface area contributed by atoms with Crippen molar-refractivity contribution in [3.63, 3.8) is 0 Å². The number of rotatable bonds is 0. The van der Waals surface area contributed by atoms with E-state index in [1.54, 1.807) is 12.3 Å². The summed E-state index contributed by atoms with van der Waals surface area (Å²) in [6.07, 6.45) is 2.27. The number of nitrogens with zero attached hydrogens (tertiary/aromatic N) is 2. The van der Waals surface area contributed by atoms with Gasteiger partial charge in [0.1, 0.15) is 28.9 Å². The van der Waals surface area contributed by atoms with Crippen LogP contribution in [0.1, 0.15) is 17.5 Å². The van der Waals surface area contributed by atoms with E-state index in [-0.39, 0.29) is 0 Å². The predicted octanol–water partition coefficient (Wildman–Crippen LogP) is 3.62. The van der Waals surface area contributed by atoms with Crippen molar-refractivity contribution in [3.8, 4) is 11.5 Å². The molecule has 5 nitrogen and oxygen atoms in total. The summed E-state index contributed by atoms with van der Waals surface area (Å²) < 4.78 is 12.5. The van der Waals surface area contributed by atoms with Gasteiger partial charge in [-0.1, -0.05) is 27.5 Å². The van der Waals surface area contributed by atoms with Gasteiger partial charge in [-0.3, -0.25) is 4.99 Å². The zero-order chi connectivity index (χ0) is 16.0. The smallest absolute Gasteiger partial charge is 0.151 e. The number of aromatic nitrogens is 1. The van der Waals surface area contributed by atoms with E-state index in [1.807, 2.05) is 18.2 Å². The van der Waals surface area contributed by atoms with E-state index < -0.39 is 5.54 Å². The molecule has 1 atom stereocenters. The molecule has 0 fully saturated rings. The molecule has 118 valence electrons. The first kappa shape index (κ1) is 14.9. The lowest BCUT2D eigenvalue weighted by Gasteiger charge is -2.36. The third kappa shape index (κ3) is 2.41. The van der Waals surface area contributed by atoms with Crippen LogP contribution >= 0.6 is 27.5 Å². The quantitative estimate of drug-likeness (QED) is 0.693. The molecule has 0 saturated heterocycles. The van der Waals surface area contributed by atoms with Crippen LogP contribution in [0.4, 0.5) is 0 Å². The lowest BCUT2D eigenvalue weighted by atomic mass is 9.79. The van der Waals surface area contributed by atoms with E-state index >= 15 is 0 Å². The standard InChI is InChI=1S/C16H13BrClN3O2/c17-9-1-2-12-10(5-9)16(3-4-22-8-15(19)21-16)11-6-14(18)20-7-13(11)23-12/h1-2,5-7H,3-4,8H2,(H2,19,21)/t16-/m0/s1. The summed E-state index contributed by atoms with van der Waals surface area (Å²) in [4.78, 5) is 8.94. The van der Waals surface area contributed by atoms with Gasteiger partial charge in [-0.15, -0.1) is 0 Å². The van der Waals surface area contributed by atoms with E-state index in [0.29, 0.717) is 36.4 Å². The average Bonchev–Trinajstić information content (AvgIpc) is 2.72. The largest absolute Gasteiger partial charge is 0.455 e. The average molecular weight is 395 g/mol. The molecule has 0 aliphatic carbocycles. The fourth-order valence-electron chi connectivity index (χ4n) is 3.12. The molecule has 2 aromatic rings. The lowest BCUT2D eigenvalue weighted by molar-refractivity contribution is 0.160. The van der Waals surface area contributed by atoms with Gasteiger partial charge in [-0.2, -0.15) is 0 Å². The van der Waals surface area contributed by atoms with Crippen LogP contribution in [0.3, 0.4) is 0 Å². The number of hydrogen-bond donors (Lipinski definition) is 1. The third-order valence-electron chi connectivity index (χ3n) is 4.08. The molecule has 4 rings (SSSR count). The first-order valence-electron chi connectivity index (χ1n) is 7.14. The topological polar surface area (TPSA) is 69.7 Å². The second kappa shape index (κ2) is 5.47. The molecule has 1 aromatic heterocycles. The van der Waals surface area contributed by atoms with Crippen LogP contribution in [0, 0.1) is 0 Å². The molecule has 0 bridgehead atoms. The number of aliphatic imine (C=N–C) groups is 1. The van der Waals surface area contributed by atoms with Crippen LogP contribution in [0.5, 0.6) is 11.5 Å². The Labute approximate surface area is 146 Å². The van der Waals surface area contributed by atoms with Crippen molar-refractivity contribution in [2.45, 2.75) is 12.0 Å². The maximum Gasteiger partial charge on any atom is 0.151 e. The molecule has 0 saturated carbocycles. The SMILES string of the molecule is NC1=N[C@@]2(CCOC1)c1cc(Br)ccc1Oc1cnc(Cl)cc12. The predicted molar refractivity (Wildman–Crippen MR) is 91.3 cm³/mol. The molecular weight excluding hydrogens is 382 g/mol. The summed E-state index contributed by atoms with van der Waals surface area (Å²) in [6.45, 7) is 0.857. The summed E-state index contributed by atoms with van der Waals surface area (Å²) in [5.74, 6) is 1.83. The van der Waals surface area contributed by atoms with Crippen molar-refractivity contribution in [1.82, 2.24) is 4.98 Å². The summed E-state index contributed by atoms with van der Waals surface area (Å²) in [5.41, 5.74) is 7.17. The van der Waals surface area contributed by atoms with Gasteiger partial charge in [0, 0.05) is 22.0 Å². The monoisotopic (exact) mass is 393 g/mol. The minimum absolute atomic E-state index is 0.320. The van der Waals surface area contributed by atoms with Crippen molar-refractivity contribution in [2.75, 3.05) is 13.2 Å². The van der Waals surface area contributed by atoms with Gasteiger partial charge in [-0.25, -0.2) is 4.98 Å². The fraction of sp³-hybridized carbons (Fsp3) is 0.250. The first-order valence-corrected chi connectivity index (χ1v) is 8.31. The van der Waals surface area contributed by atoms with Gasteiger partial charge in [0.2, 0.25) is 0 Å². The minimum Gasteiger partial charge on any atom is -0.455 e. The van der Waals surface area contributed by atoms with Crippen LogP contribution in [0.25, 0.3) is 0 Å². The number of halogens is 2. The number of nitrogens with two attached hydrogens (primary N) is 1. The van der Waals surface area contributed by atoms with Crippen molar-refractivity contribution < 1.29 is 9.47 Å². The van der Waals surface area contributed by atoms with Gasteiger partial charge < -0.3 is 15.2 Å². The summed E-state index contributed by atoms with van der Waals surface area (Å²) >= 11 is 9.65. The number of fused-ring (bicyclic) bond motifs is 4. The molecule has 0 unspecified atom stereocenters. The molecule has 1 aromatic carbocycles. The van der Waals surface area contributed by atoms with Gasteiger partial charge in [0.15, 0.2) is 5.75 Å². The summed E-state index contributed by atoms with van der Waals surface area (Å²) in [7, 11) is 0. The molecule has 7 heteroatoms. The van der Waals surface area contributed by atoms with E-state index in [2.05, 4.69) is 20.9 Å². The summed E-state index contributed by atoms with van der Waals surface area (Å²) in [5, 5.41) is 0.393. The van der Waals surface area contributed by atoms with Crippen molar-refractivity contribution in [2.24, 2.45) is 10.7 Å². The highest BCUT2D eigenvalue weighted by Crippen LogP contribution is 2.52. The first-order chi connectivity index (χ1) is 11.1. The Bertz CT molecular complexity index is 773. The van der Waals surface area contributed by atoms with Gasteiger partial charge in [0.25, 0.3) is 0 Å². The second-order valence-electron chi connectivity index (χ2n) is 5.51. The van der Waals surface area contributed by atoms with Gasteiger partial charge in [0.05, 0.1) is 12.8 Å². The zero-order valence-corrected chi connectivity index (χ0v) is 14.4. The molecular formula is C16H13BrClN3O2. The fourth-order valence-corrected chi connectivity index (χ4v) is 3.64. The van der Waals surface area contributed by atoms with E-state index in [0.717, 1.165) is 21.3 Å². The third-order valence-corrected chi connectivity index (χ3v) is 4.78. The molecule has 23 heavy (non-hydrogen) atoms. The highest BCUT2D eigenvalue weighted by Gasteiger charge is 2.43. The number of hydrogen-bond acceptors (Lipinski definition) is 5.